The Labute approximate surface area is 155 Å². The van der Waals surface area contributed by atoms with E-state index in [2.05, 4.69) is 11.4 Å². The zero-order valence-corrected chi connectivity index (χ0v) is 15.9. The number of hydrogen-bond acceptors (Lipinski definition) is 4. The number of ketones is 2. The summed E-state index contributed by atoms with van der Waals surface area (Å²) in [5, 5.41) is 3.31. The predicted molar refractivity (Wildman–Crippen MR) is 101 cm³/mol. The number of carbonyl (C=O) groups excluding carboxylic acids is 3. The summed E-state index contributed by atoms with van der Waals surface area (Å²) in [4.78, 5) is 38.2. The number of nitrogens with zero attached hydrogens (tertiary/aromatic N) is 1. The molecule has 5 heteroatoms. The van der Waals surface area contributed by atoms with Gasteiger partial charge in [0.2, 0.25) is 5.91 Å². The summed E-state index contributed by atoms with van der Waals surface area (Å²) in [7, 11) is 0. The fourth-order valence-electron chi connectivity index (χ4n) is 4.47. The average Bonchev–Trinajstić information content (AvgIpc) is 2.65. The fraction of sp³-hybridized carbons (Fsp3) is 0.571. The Morgan fingerprint density at radius 1 is 1.19 bits per heavy atom. The molecule has 0 spiro atoms. The zero-order chi connectivity index (χ0) is 18.8. The van der Waals surface area contributed by atoms with E-state index in [1.54, 1.807) is 11.8 Å². The third-order valence-corrected chi connectivity index (χ3v) is 5.85. The van der Waals surface area contributed by atoms with E-state index in [4.69, 9.17) is 0 Å². The molecule has 0 saturated carbocycles. The summed E-state index contributed by atoms with van der Waals surface area (Å²) in [5.41, 5.74) is 3.14. The number of benzene rings is 1. The molecule has 2 aliphatic heterocycles. The van der Waals surface area contributed by atoms with Crippen LogP contribution in [0, 0.1) is 5.92 Å². The van der Waals surface area contributed by atoms with Gasteiger partial charge in [0.05, 0.1) is 6.04 Å². The largest absolute Gasteiger partial charge is 0.316 e. The Balaban J connectivity index is 1.95. The summed E-state index contributed by atoms with van der Waals surface area (Å²) in [6, 6.07) is 5.82. The molecule has 0 bridgehead atoms. The standard InChI is InChI=1S/C21H28N2O3/c1-4-21(26)20-8-6-16-11-15(5-7-19(16)23(20)14(3)25)17-9-10-22-12-18(17)13(2)24/h5,7,11,17-18,20,22H,4,6,8-10,12H2,1-3H3. The summed E-state index contributed by atoms with van der Waals surface area (Å²) in [5.74, 6) is 0.473. The number of piperidine rings is 1. The van der Waals surface area contributed by atoms with Crippen LogP contribution in [-0.2, 0) is 20.8 Å². The third-order valence-electron chi connectivity index (χ3n) is 5.85. The Kier molecular flexibility index (Phi) is 5.56. The minimum absolute atomic E-state index is 0.00344. The summed E-state index contributed by atoms with van der Waals surface area (Å²) >= 11 is 0. The number of nitrogens with one attached hydrogen (secondary N) is 1. The summed E-state index contributed by atoms with van der Waals surface area (Å²) < 4.78 is 0. The van der Waals surface area contributed by atoms with Gasteiger partial charge in [0.25, 0.3) is 0 Å². The first-order valence-corrected chi connectivity index (χ1v) is 9.60. The molecule has 0 aliphatic carbocycles. The van der Waals surface area contributed by atoms with Crippen LogP contribution in [0.25, 0.3) is 0 Å². The maximum atomic E-state index is 12.3. The second-order valence-corrected chi connectivity index (χ2v) is 7.47. The molecule has 3 atom stereocenters. The van der Waals surface area contributed by atoms with Crippen molar-refractivity contribution in [1.82, 2.24) is 5.32 Å². The van der Waals surface area contributed by atoms with E-state index in [1.165, 1.54) is 12.5 Å². The second-order valence-electron chi connectivity index (χ2n) is 7.47. The molecule has 26 heavy (non-hydrogen) atoms. The lowest BCUT2D eigenvalue weighted by Crippen LogP contribution is -2.47. The quantitative estimate of drug-likeness (QED) is 0.901. The lowest BCUT2D eigenvalue weighted by Gasteiger charge is -2.37. The number of Topliss-reactive ketones (excluding diaryl/α,β-unsaturated/α-hetero) is 2. The Bertz CT molecular complexity index is 728. The third kappa shape index (κ3) is 3.45. The van der Waals surface area contributed by atoms with Gasteiger partial charge >= 0.3 is 0 Å². The van der Waals surface area contributed by atoms with Crippen molar-refractivity contribution < 1.29 is 14.4 Å². The molecule has 2 heterocycles. The first-order valence-electron chi connectivity index (χ1n) is 9.60. The van der Waals surface area contributed by atoms with Crippen molar-refractivity contribution in [1.29, 1.82) is 0 Å². The Morgan fingerprint density at radius 2 is 1.96 bits per heavy atom. The molecule has 0 aromatic heterocycles. The molecule has 1 aromatic rings. The molecule has 3 rings (SSSR count). The van der Waals surface area contributed by atoms with Crippen LogP contribution in [0.2, 0.25) is 0 Å². The van der Waals surface area contributed by atoms with Crippen LogP contribution in [0.3, 0.4) is 0 Å². The van der Waals surface area contributed by atoms with Crippen molar-refractivity contribution in [3.05, 3.63) is 29.3 Å². The van der Waals surface area contributed by atoms with E-state index >= 15 is 0 Å². The number of anilines is 1. The molecule has 1 saturated heterocycles. The lowest BCUT2D eigenvalue weighted by molar-refractivity contribution is -0.124. The van der Waals surface area contributed by atoms with Crippen LogP contribution in [0.15, 0.2) is 18.2 Å². The van der Waals surface area contributed by atoms with Crippen molar-refractivity contribution in [2.45, 2.75) is 58.4 Å². The van der Waals surface area contributed by atoms with Crippen LogP contribution in [-0.4, -0.2) is 36.6 Å². The number of hydrogen-bond donors (Lipinski definition) is 1. The van der Waals surface area contributed by atoms with Gasteiger partial charge in [-0.25, -0.2) is 0 Å². The Morgan fingerprint density at radius 3 is 2.62 bits per heavy atom. The van der Waals surface area contributed by atoms with Gasteiger partial charge in [-0.2, -0.15) is 0 Å². The molecule has 1 amide bonds. The molecule has 0 radical (unpaired) electrons. The first kappa shape index (κ1) is 18.8. The highest BCUT2D eigenvalue weighted by atomic mass is 16.2. The Hall–Kier alpha value is -2.01. The van der Waals surface area contributed by atoms with Crippen LogP contribution in [0.4, 0.5) is 5.69 Å². The van der Waals surface area contributed by atoms with Crippen LogP contribution >= 0.6 is 0 Å². The van der Waals surface area contributed by atoms with Gasteiger partial charge in [0, 0.05) is 31.5 Å². The molecular formula is C21H28N2O3. The average molecular weight is 356 g/mol. The zero-order valence-electron chi connectivity index (χ0n) is 15.9. The molecule has 1 aromatic carbocycles. The number of carbonyl (C=O) groups is 3. The molecular weight excluding hydrogens is 328 g/mol. The highest BCUT2D eigenvalue weighted by Crippen LogP contribution is 2.37. The minimum atomic E-state index is -0.348. The first-order chi connectivity index (χ1) is 12.4. The molecule has 140 valence electrons. The van der Waals surface area contributed by atoms with Crippen molar-refractivity contribution in [3.8, 4) is 0 Å². The smallest absolute Gasteiger partial charge is 0.224 e. The molecule has 5 nitrogen and oxygen atoms in total. The summed E-state index contributed by atoms with van der Waals surface area (Å²) in [6.07, 6.45) is 2.85. The number of fused-ring (bicyclic) bond motifs is 1. The maximum Gasteiger partial charge on any atom is 0.224 e. The van der Waals surface area contributed by atoms with E-state index in [1.807, 2.05) is 19.1 Å². The SMILES string of the molecule is CCC(=O)C1CCc2cc(C3CCNCC3C(C)=O)ccc2N1C(C)=O. The van der Waals surface area contributed by atoms with E-state index < -0.39 is 0 Å². The van der Waals surface area contributed by atoms with Crippen LogP contribution in [0.1, 0.15) is 57.1 Å². The van der Waals surface area contributed by atoms with Gasteiger partial charge in [-0.1, -0.05) is 19.1 Å². The molecule has 1 N–H and O–H groups in total. The summed E-state index contributed by atoms with van der Waals surface area (Å²) in [6.45, 7) is 6.68. The van der Waals surface area contributed by atoms with E-state index in [9.17, 15) is 14.4 Å². The van der Waals surface area contributed by atoms with E-state index in [0.29, 0.717) is 12.8 Å². The number of aryl methyl sites for hydroxylation is 1. The molecule has 2 aliphatic rings. The monoisotopic (exact) mass is 356 g/mol. The van der Waals surface area contributed by atoms with Crippen molar-refractivity contribution in [3.63, 3.8) is 0 Å². The van der Waals surface area contributed by atoms with Gasteiger partial charge in [0.15, 0.2) is 5.78 Å². The van der Waals surface area contributed by atoms with Gasteiger partial charge < -0.3 is 10.2 Å². The fourth-order valence-corrected chi connectivity index (χ4v) is 4.47. The van der Waals surface area contributed by atoms with Gasteiger partial charge in [-0.15, -0.1) is 0 Å². The van der Waals surface area contributed by atoms with Crippen molar-refractivity contribution >= 4 is 23.2 Å². The minimum Gasteiger partial charge on any atom is -0.316 e. The van der Waals surface area contributed by atoms with Gasteiger partial charge in [-0.05, 0) is 55.8 Å². The normalized spacial score (nSPS) is 25.5. The van der Waals surface area contributed by atoms with E-state index in [-0.39, 0.29) is 35.4 Å². The van der Waals surface area contributed by atoms with Crippen molar-refractivity contribution in [2.24, 2.45) is 5.92 Å². The number of amides is 1. The second kappa shape index (κ2) is 7.70. The highest BCUT2D eigenvalue weighted by molar-refractivity contribution is 6.01. The number of rotatable bonds is 4. The lowest BCUT2D eigenvalue weighted by atomic mass is 9.78. The van der Waals surface area contributed by atoms with Crippen LogP contribution in [0.5, 0.6) is 0 Å². The van der Waals surface area contributed by atoms with Gasteiger partial charge in [0.1, 0.15) is 5.78 Å². The van der Waals surface area contributed by atoms with Crippen LogP contribution < -0.4 is 10.2 Å². The maximum absolute atomic E-state index is 12.3. The van der Waals surface area contributed by atoms with Crippen molar-refractivity contribution in [2.75, 3.05) is 18.0 Å². The molecule has 1 fully saturated rings. The topological polar surface area (TPSA) is 66.5 Å². The van der Waals surface area contributed by atoms with E-state index in [0.717, 1.165) is 37.2 Å². The molecule has 3 unspecified atom stereocenters. The highest BCUT2D eigenvalue weighted by Gasteiger charge is 2.35. The van der Waals surface area contributed by atoms with Gasteiger partial charge in [-0.3, -0.25) is 14.4 Å². The predicted octanol–water partition coefficient (Wildman–Crippen LogP) is 2.62.